The lowest BCUT2D eigenvalue weighted by Crippen LogP contribution is -2.26. The monoisotopic (exact) mass is 244 g/mol. The van der Waals surface area contributed by atoms with Gasteiger partial charge in [-0.15, -0.1) is 11.3 Å². The van der Waals surface area contributed by atoms with Crippen LogP contribution in [0.3, 0.4) is 0 Å². The zero-order valence-electron chi connectivity index (χ0n) is 8.52. The van der Waals surface area contributed by atoms with E-state index < -0.39 is 10.0 Å². The maximum atomic E-state index is 11.7. The second kappa shape index (κ2) is 4.75. The molecule has 0 amide bonds. The van der Waals surface area contributed by atoms with E-state index in [1.165, 1.54) is 12.1 Å². The molecule has 1 rings (SSSR count). The third kappa shape index (κ3) is 3.30. The average Bonchev–Trinajstić information content (AvgIpc) is 2.63. The molecule has 0 saturated heterocycles. The smallest absolute Gasteiger partial charge is 0.210 e. The molecule has 0 aromatic carbocycles. The molecule has 0 spiro atoms. The number of sulfonamides is 1. The Morgan fingerprint density at radius 2 is 2.20 bits per heavy atom. The first-order valence-electron chi connectivity index (χ1n) is 4.45. The van der Waals surface area contributed by atoms with Gasteiger partial charge >= 0.3 is 0 Å². The van der Waals surface area contributed by atoms with Gasteiger partial charge in [0.15, 0.2) is 0 Å². The van der Waals surface area contributed by atoms with Crippen molar-refractivity contribution < 1.29 is 8.42 Å². The standard InChI is InChI=1S/C9H12N2O2S2/c1-7(2)6-11-15(12,13)9-4-3-8(5-10)14-9/h3-4,7,11H,6H2,1-2H3. The van der Waals surface area contributed by atoms with E-state index in [0.717, 1.165) is 11.3 Å². The van der Waals surface area contributed by atoms with Gasteiger partial charge in [0.1, 0.15) is 15.2 Å². The molecule has 0 fully saturated rings. The number of hydrogen-bond donors (Lipinski definition) is 1. The highest BCUT2D eigenvalue weighted by Gasteiger charge is 2.16. The maximum absolute atomic E-state index is 11.7. The fourth-order valence-corrected chi connectivity index (χ4v) is 3.23. The normalized spacial score (nSPS) is 11.6. The lowest BCUT2D eigenvalue weighted by Gasteiger charge is -2.06. The zero-order valence-corrected chi connectivity index (χ0v) is 10.2. The summed E-state index contributed by atoms with van der Waals surface area (Å²) in [6.07, 6.45) is 0. The molecule has 1 aromatic heterocycles. The molecule has 0 aliphatic carbocycles. The van der Waals surface area contributed by atoms with Crippen LogP contribution in [-0.4, -0.2) is 15.0 Å². The molecule has 82 valence electrons. The van der Waals surface area contributed by atoms with E-state index in [2.05, 4.69) is 4.72 Å². The minimum atomic E-state index is -3.43. The molecule has 0 atom stereocenters. The van der Waals surface area contributed by atoms with Crippen molar-refractivity contribution in [2.75, 3.05) is 6.54 Å². The number of nitrogens with one attached hydrogen (secondary N) is 1. The van der Waals surface area contributed by atoms with Crippen molar-refractivity contribution in [1.82, 2.24) is 4.72 Å². The van der Waals surface area contributed by atoms with Crippen molar-refractivity contribution in [2.45, 2.75) is 18.1 Å². The van der Waals surface area contributed by atoms with E-state index in [1.54, 1.807) is 0 Å². The van der Waals surface area contributed by atoms with Crippen molar-refractivity contribution in [1.29, 1.82) is 5.26 Å². The van der Waals surface area contributed by atoms with Crippen LogP contribution in [-0.2, 0) is 10.0 Å². The number of thiophene rings is 1. The van der Waals surface area contributed by atoms with Gasteiger partial charge in [-0.05, 0) is 18.1 Å². The van der Waals surface area contributed by atoms with Gasteiger partial charge in [-0.3, -0.25) is 0 Å². The summed E-state index contributed by atoms with van der Waals surface area (Å²) in [6.45, 7) is 4.26. The number of hydrogen-bond acceptors (Lipinski definition) is 4. The van der Waals surface area contributed by atoms with Crippen LogP contribution in [0.15, 0.2) is 16.3 Å². The van der Waals surface area contributed by atoms with Crippen LogP contribution in [0.2, 0.25) is 0 Å². The summed E-state index contributed by atoms with van der Waals surface area (Å²) in [7, 11) is -3.43. The zero-order chi connectivity index (χ0) is 11.5. The topological polar surface area (TPSA) is 70.0 Å². The summed E-state index contributed by atoms with van der Waals surface area (Å²) in [6, 6.07) is 4.87. The highest BCUT2D eigenvalue weighted by molar-refractivity contribution is 7.91. The second-order valence-electron chi connectivity index (χ2n) is 3.48. The van der Waals surface area contributed by atoms with Crippen LogP contribution in [0.4, 0.5) is 0 Å². The molecule has 0 unspecified atom stereocenters. The van der Waals surface area contributed by atoms with E-state index in [4.69, 9.17) is 5.26 Å². The number of rotatable bonds is 4. The molecule has 1 N–H and O–H groups in total. The molecule has 6 heteroatoms. The van der Waals surface area contributed by atoms with E-state index in [9.17, 15) is 8.42 Å². The molecule has 0 saturated carbocycles. The Morgan fingerprint density at radius 3 is 2.67 bits per heavy atom. The number of nitrogens with zero attached hydrogens (tertiary/aromatic N) is 1. The molecule has 4 nitrogen and oxygen atoms in total. The summed E-state index contributed by atoms with van der Waals surface area (Å²) in [5.74, 6) is 0.259. The molecule has 0 aliphatic heterocycles. The Labute approximate surface area is 93.6 Å². The first-order chi connectivity index (χ1) is 6.95. The van der Waals surface area contributed by atoms with Crippen molar-refractivity contribution in [3.05, 3.63) is 17.0 Å². The molecule has 1 aromatic rings. The van der Waals surface area contributed by atoms with Crippen molar-refractivity contribution in [3.63, 3.8) is 0 Å². The van der Waals surface area contributed by atoms with Crippen molar-refractivity contribution in [3.8, 4) is 6.07 Å². The molecule has 0 bridgehead atoms. The van der Waals surface area contributed by atoms with Crippen LogP contribution >= 0.6 is 11.3 Å². The summed E-state index contributed by atoms with van der Waals surface area (Å²) >= 11 is 0.980. The van der Waals surface area contributed by atoms with Crippen LogP contribution < -0.4 is 4.72 Å². The van der Waals surface area contributed by atoms with Crippen LogP contribution in [0, 0.1) is 17.2 Å². The summed E-state index contributed by atoms with van der Waals surface area (Å²) < 4.78 is 26.0. The summed E-state index contributed by atoms with van der Waals surface area (Å²) in [5.41, 5.74) is 0. The van der Waals surface area contributed by atoms with Gasteiger partial charge < -0.3 is 0 Å². The fourth-order valence-electron chi connectivity index (χ4n) is 0.872. The van der Waals surface area contributed by atoms with E-state index in [-0.39, 0.29) is 10.1 Å². The van der Waals surface area contributed by atoms with Crippen LogP contribution in [0.5, 0.6) is 0 Å². The largest absolute Gasteiger partial charge is 0.250 e. The molecular formula is C9H12N2O2S2. The lowest BCUT2D eigenvalue weighted by molar-refractivity contribution is 0.562. The first kappa shape index (κ1) is 12.2. The van der Waals surface area contributed by atoms with Gasteiger partial charge in [0.05, 0.1) is 0 Å². The fraction of sp³-hybridized carbons (Fsp3) is 0.444. The molecule has 0 aliphatic rings. The minimum absolute atomic E-state index is 0.194. The molecule has 15 heavy (non-hydrogen) atoms. The van der Waals surface area contributed by atoms with Gasteiger partial charge in [0, 0.05) is 6.54 Å². The second-order valence-corrected chi connectivity index (χ2v) is 6.55. The van der Waals surface area contributed by atoms with Crippen molar-refractivity contribution >= 4 is 21.4 Å². The van der Waals surface area contributed by atoms with E-state index >= 15 is 0 Å². The Kier molecular flexibility index (Phi) is 3.85. The van der Waals surface area contributed by atoms with Gasteiger partial charge in [0.25, 0.3) is 0 Å². The highest BCUT2D eigenvalue weighted by Crippen LogP contribution is 2.20. The van der Waals surface area contributed by atoms with E-state index in [0.29, 0.717) is 11.4 Å². The maximum Gasteiger partial charge on any atom is 0.250 e. The Balaban J connectivity index is 2.83. The lowest BCUT2D eigenvalue weighted by atomic mass is 10.2. The summed E-state index contributed by atoms with van der Waals surface area (Å²) in [5, 5.41) is 8.58. The van der Waals surface area contributed by atoms with Crippen LogP contribution in [0.1, 0.15) is 18.7 Å². The molecular weight excluding hydrogens is 232 g/mol. The average molecular weight is 244 g/mol. The highest BCUT2D eigenvalue weighted by atomic mass is 32.2. The Hall–Kier alpha value is -0.900. The third-order valence-electron chi connectivity index (χ3n) is 1.64. The van der Waals surface area contributed by atoms with E-state index in [1.807, 2.05) is 19.9 Å². The quantitative estimate of drug-likeness (QED) is 0.873. The van der Waals surface area contributed by atoms with Gasteiger partial charge in [-0.1, -0.05) is 13.8 Å². The Bertz CT molecular complexity index is 469. The van der Waals surface area contributed by atoms with Crippen molar-refractivity contribution in [2.24, 2.45) is 5.92 Å². The minimum Gasteiger partial charge on any atom is -0.210 e. The Morgan fingerprint density at radius 1 is 1.53 bits per heavy atom. The van der Waals surface area contributed by atoms with Gasteiger partial charge in [-0.2, -0.15) is 5.26 Å². The summed E-state index contributed by atoms with van der Waals surface area (Å²) in [4.78, 5) is 0.403. The third-order valence-corrected chi connectivity index (χ3v) is 4.54. The first-order valence-corrected chi connectivity index (χ1v) is 6.75. The van der Waals surface area contributed by atoms with Crippen LogP contribution in [0.25, 0.3) is 0 Å². The van der Waals surface area contributed by atoms with Gasteiger partial charge in [0.2, 0.25) is 10.0 Å². The molecule has 0 radical (unpaired) electrons. The molecule has 1 heterocycles. The predicted molar refractivity (Wildman–Crippen MR) is 59.1 cm³/mol. The number of nitriles is 1. The predicted octanol–water partition coefficient (Wildman–Crippen LogP) is 1.55. The SMILES string of the molecule is CC(C)CNS(=O)(=O)c1ccc(C#N)s1. The van der Waals surface area contributed by atoms with Gasteiger partial charge in [-0.25, -0.2) is 13.1 Å².